The van der Waals surface area contributed by atoms with Crippen molar-refractivity contribution in [3.63, 3.8) is 0 Å². The van der Waals surface area contributed by atoms with Crippen LogP contribution in [-0.2, 0) is 0 Å². The third-order valence-corrected chi connectivity index (χ3v) is 3.45. The molecule has 0 saturated heterocycles. The van der Waals surface area contributed by atoms with Crippen LogP contribution in [0.15, 0.2) is 24.3 Å². The molecule has 0 radical (unpaired) electrons. The third-order valence-electron chi connectivity index (χ3n) is 3.45. The van der Waals surface area contributed by atoms with Crippen molar-refractivity contribution in [1.29, 1.82) is 0 Å². The van der Waals surface area contributed by atoms with E-state index in [1.807, 2.05) is 24.3 Å². The third kappa shape index (κ3) is 2.40. The second-order valence-electron chi connectivity index (χ2n) is 4.59. The first-order chi connectivity index (χ1) is 8.24. The Bertz CT molecular complexity index is 454. The first kappa shape index (κ1) is 11.9. The number of Topliss-reactive ketones (excluding diaryl/α,β-unsaturated/α-hetero) is 1. The summed E-state index contributed by atoms with van der Waals surface area (Å²) in [6.45, 7) is 0. The molecule has 1 aliphatic rings. The van der Waals surface area contributed by atoms with E-state index in [1.165, 1.54) is 19.3 Å². The molecular weight excluding hydrogens is 210 g/mol. The second kappa shape index (κ2) is 5.16. The SMILES string of the molecule is C#CCC(N)C(=O)c1ccccc1C1CCC1. The fourth-order valence-corrected chi connectivity index (χ4v) is 2.22. The largest absolute Gasteiger partial charge is 0.320 e. The van der Waals surface area contributed by atoms with Gasteiger partial charge in [-0.1, -0.05) is 30.7 Å². The maximum atomic E-state index is 12.2. The number of carbonyl (C=O) groups excluding carboxylic acids is 1. The first-order valence-electron chi connectivity index (χ1n) is 6.06. The Morgan fingerprint density at radius 3 is 2.76 bits per heavy atom. The molecule has 0 spiro atoms. The van der Waals surface area contributed by atoms with Gasteiger partial charge >= 0.3 is 0 Å². The number of ketones is 1. The molecule has 2 heteroatoms. The zero-order valence-corrected chi connectivity index (χ0v) is 9.86. The van der Waals surface area contributed by atoms with Crippen molar-refractivity contribution in [3.8, 4) is 12.3 Å². The molecule has 17 heavy (non-hydrogen) atoms. The van der Waals surface area contributed by atoms with E-state index in [0.29, 0.717) is 12.3 Å². The number of benzene rings is 1. The lowest BCUT2D eigenvalue weighted by Crippen LogP contribution is -2.31. The Morgan fingerprint density at radius 1 is 1.47 bits per heavy atom. The van der Waals surface area contributed by atoms with Crippen LogP contribution in [-0.4, -0.2) is 11.8 Å². The molecule has 1 aliphatic carbocycles. The van der Waals surface area contributed by atoms with Gasteiger partial charge in [0, 0.05) is 12.0 Å². The smallest absolute Gasteiger partial charge is 0.180 e. The van der Waals surface area contributed by atoms with E-state index in [-0.39, 0.29) is 5.78 Å². The van der Waals surface area contributed by atoms with Crippen molar-refractivity contribution in [2.75, 3.05) is 0 Å². The van der Waals surface area contributed by atoms with E-state index in [1.54, 1.807) is 0 Å². The van der Waals surface area contributed by atoms with E-state index in [2.05, 4.69) is 5.92 Å². The number of rotatable bonds is 4. The number of carbonyl (C=O) groups is 1. The van der Waals surface area contributed by atoms with Gasteiger partial charge in [0.2, 0.25) is 0 Å². The maximum Gasteiger partial charge on any atom is 0.180 e. The van der Waals surface area contributed by atoms with Crippen LogP contribution in [0, 0.1) is 12.3 Å². The van der Waals surface area contributed by atoms with E-state index < -0.39 is 6.04 Å². The first-order valence-corrected chi connectivity index (χ1v) is 6.06. The molecule has 2 nitrogen and oxygen atoms in total. The lowest BCUT2D eigenvalue weighted by atomic mass is 9.77. The molecule has 1 aromatic rings. The van der Waals surface area contributed by atoms with Gasteiger partial charge in [-0.05, 0) is 24.3 Å². The van der Waals surface area contributed by atoms with E-state index in [0.717, 1.165) is 11.1 Å². The van der Waals surface area contributed by atoms with E-state index in [9.17, 15) is 4.79 Å². The van der Waals surface area contributed by atoms with Crippen molar-refractivity contribution in [1.82, 2.24) is 0 Å². The minimum absolute atomic E-state index is 0.0227. The van der Waals surface area contributed by atoms with Gasteiger partial charge in [0.1, 0.15) is 0 Å². The Hall–Kier alpha value is -1.59. The quantitative estimate of drug-likeness (QED) is 0.634. The molecule has 0 bridgehead atoms. The summed E-state index contributed by atoms with van der Waals surface area (Å²) in [6.07, 6.45) is 9.11. The minimum Gasteiger partial charge on any atom is -0.320 e. The Morgan fingerprint density at radius 2 is 2.18 bits per heavy atom. The zero-order valence-electron chi connectivity index (χ0n) is 9.86. The topological polar surface area (TPSA) is 43.1 Å². The standard InChI is InChI=1S/C15H17NO/c1-2-6-14(16)15(17)13-10-4-3-9-12(13)11-7-5-8-11/h1,3-4,9-11,14H,5-8,16H2. The number of hydrogen-bond donors (Lipinski definition) is 1. The summed E-state index contributed by atoms with van der Waals surface area (Å²) in [7, 11) is 0. The van der Waals surface area contributed by atoms with Gasteiger partial charge in [-0.2, -0.15) is 0 Å². The number of terminal acetylenes is 1. The van der Waals surface area contributed by atoms with Crippen LogP contribution >= 0.6 is 0 Å². The molecule has 1 unspecified atom stereocenters. The molecule has 0 heterocycles. The zero-order chi connectivity index (χ0) is 12.3. The van der Waals surface area contributed by atoms with E-state index >= 15 is 0 Å². The van der Waals surface area contributed by atoms with E-state index in [4.69, 9.17) is 12.2 Å². The summed E-state index contributed by atoms with van der Waals surface area (Å²) in [4.78, 5) is 12.2. The van der Waals surface area contributed by atoms with Crippen LogP contribution in [0.5, 0.6) is 0 Å². The van der Waals surface area contributed by atoms with Crippen molar-refractivity contribution >= 4 is 5.78 Å². The highest BCUT2D eigenvalue weighted by Crippen LogP contribution is 2.38. The lowest BCUT2D eigenvalue weighted by Gasteiger charge is -2.28. The maximum absolute atomic E-state index is 12.2. The number of nitrogens with two attached hydrogens (primary N) is 1. The van der Waals surface area contributed by atoms with Gasteiger partial charge in [-0.15, -0.1) is 12.3 Å². The normalized spacial score (nSPS) is 16.9. The van der Waals surface area contributed by atoms with Crippen molar-refractivity contribution in [3.05, 3.63) is 35.4 Å². The average Bonchev–Trinajstić information content (AvgIpc) is 2.27. The second-order valence-corrected chi connectivity index (χ2v) is 4.59. The van der Waals surface area contributed by atoms with Gasteiger partial charge < -0.3 is 5.73 Å². The molecule has 88 valence electrons. The Labute approximate surface area is 102 Å². The van der Waals surface area contributed by atoms with Gasteiger partial charge in [0.05, 0.1) is 6.04 Å². The van der Waals surface area contributed by atoms with Gasteiger partial charge in [0.15, 0.2) is 5.78 Å². The molecule has 0 aliphatic heterocycles. The summed E-state index contributed by atoms with van der Waals surface area (Å²) in [5.41, 5.74) is 7.71. The van der Waals surface area contributed by atoms with Crippen LogP contribution < -0.4 is 5.73 Å². The van der Waals surface area contributed by atoms with Crippen LogP contribution in [0.1, 0.15) is 47.5 Å². The Balaban J connectivity index is 2.25. The summed E-state index contributed by atoms with van der Waals surface area (Å²) in [6, 6.07) is 7.21. The van der Waals surface area contributed by atoms with Gasteiger partial charge in [0.25, 0.3) is 0 Å². The highest BCUT2D eigenvalue weighted by molar-refractivity contribution is 6.01. The predicted molar refractivity (Wildman–Crippen MR) is 68.8 cm³/mol. The lowest BCUT2D eigenvalue weighted by molar-refractivity contribution is 0.0961. The van der Waals surface area contributed by atoms with Gasteiger partial charge in [-0.3, -0.25) is 4.79 Å². The molecule has 2 N–H and O–H groups in total. The average molecular weight is 227 g/mol. The fraction of sp³-hybridized carbons (Fsp3) is 0.400. The molecule has 1 aromatic carbocycles. The molecule has 0 amide bonds. The van der Waals surface area contributed by atoms with Crippen molar-refractivity contribution in [2.45, 2.75) is 37.6 Å². The highest BCUT2D eigenvalue weighted by atomic mass is 16.1. The Kier molecular flexibility index (Phi) is 3.61. The molecular formula is C15H17NO. The summed E-state index contributed by atoms with van der Waals surface area (Å²) >= 11 is 0. The van der Waals surface area contributed by atoms with Gasteiger partial charge in [-0.25, -0.2) is 0 Å². The molecule has 0 aromatic heterocycles. The molecule has 1 fully saturated rings. The van der Waals surface area contributed by atoms with Crippen LogP contribution in [0.25, 0.3) is 0 Å². The van der Waals surface area contributed by atoms with Crippen LogP contribution in [0.3, 0.4) is 0 Å². The number of hydrogen-bond acceptors (Lipinski definition) is 2. The molecule has 1 saturated carbocycles. The summed E-state index contributed by atoms with van der Waals surface area (Å²) < 4.78 is 0. The van der Waals surface area contributed by atoms with Crippen molar-refractivity contribution in [2.24, 2.45) is 5.73 Å². The summed E-state index contributed by atoms with van der Waals surface area (Å²) in [5, 5.41) is 0. The van der Waals surface area contributed by atoms with Crippen molar-refractivity contribution < 1.29 is 4.79 Å². The summed E-state index contributed by atoms with van der Waals surface area (Å²) in [5.74, 6) is 2.96. The van der Waals surface area contributed by atoms with Crippen LogP contribution in [0.2, 0.25) is 0 Å². The highest BCUT2D eigenvalue weighted by Gasteiger charge is 2.25. The fourth-order valence-electron chi connectivity index (χ4n) is 2.22. The molecule has 2 rings (SSSR count). The van der Waals surface area contributed by atoms with Crippen LogP contribution in [0.4, 0.5) is 0 Å². The molecule has 1 atom stereocenters. The monoisotopic (exact) mass is 227 g/mol. The minimum atomic E-state index is -0.568. The predicted octanol–water partition coefficient (Wildman–Crippen LogP) is 2.49.